The summed E-state index contributed by atoms with van der Waals surface area (Å²) in [5.74, 6) is -0.798. The number of rotatable bonds is 9. The Morgan fingerprint density at radius 2 is 1.93 bits per heavy atom. The van der Waals surface area contributed by atoms with Crippen LogP contribution in [0.5, 0.6) is 5.75 Å². The van der Waals surface area contributed by atoms with E-state index in [2.05, 4.69) is 10.6 Å². The number of hydrogen-bond donors (Lipinski definition) is 2. The normalized spacial score (nSPS) is 10.1. The van der Waals surface area contributed by atoms with Crippen molar-refractivity contribution in [3.63, 3.8) is 0 Å². The van der Waals surface area contributed by atoms with Gasteiger partial charge in [-0.1, -0.05) is 18.2 Å². The number of ether oxygens (including phenoxy) is 2. The van der Waals surface area contributed by atoms with Gasteiger partial charge in [0.1, 0.15) is 0 Å². The first kappa shape index (κ1) is 19.9. The maximum atomic E-state index is 12.0. The first-order valence-electron chi connectivity index (χ1n) is 8.04. The SMILES string of the molecule is COCCNC(=O)c1cccc(NC(=O)COc2ccccc2[N+](=O)[O-])c1. The van der Waals surface area contributed by atoms with E-state index < -0.39 is 17.4 Å². The fraction of sp³-hybridized carbons (Fsp3) is 0.222. The molecule has 0 heterocycles. The van der Waals surface area contributed by atoms with Crippen molar-refractivity contribution in [2.45, 2.75) is 0 Å². The van der Waals surface area contributed by atoms with Gasteiger partial charge in [0, 0.05) is 31.0 Å². The molecule has 0 atom stereocenters. The standard InChI is InChI=1S/C18H19N3O6/c1-26-10-9-19-18(23)13-5-4-6-14(11-13)20-17(22)12-27-16-8-3-2-7-15(16)21(24)25/h2-8,11H,9-10,12H2,1H3,(H,19,23)(H,20,22). The number of para-hydroxylation sites is 2. The average molecular weight is 373 g/mol. The summed E-state index contributed by atoms with van der Waals surface area (Å²) in [5.41, 5.74) is 0.564. The third-order valence-corrected chi connectivity index (χ3v) is 3.42. The molecule has 0 fully saturated rings. The van der Waals surface area contributed by atoms with Crippen LogP contribution < -0.4 is 15.4 Å². The van der Waals surface area contributed by atoms with Gasteiger partial charge in [-0.3, -0.25) is 19.7 Å². The van der Waals surface area contributed by atoms with Crippen molar-refractivity contribution in [1.29, 1.82) is 0 Å². The number of anilines is 1. The number of hydrogen-bond acceptors (Lipinski definition) is 6. The Bertz CT molecular complexity index is 824. The van der Waals surface area contributed by atoms with E-state index in [1.165, 1.54) is 31.4 Å². The minimum atomic E-state index is -0.584. The van der Waals surface area contributed by atoms with Crippen molar-refractivity contribution >= 4 is 23.2 Å². The van der Waals surface area contributed by atoms with E-state index in [9.17, 15) is 19.7 Å². The van der Waals surface area contributed by atoms with Gasteiger partial charge < -0.3 is 20.1 Å². The number of nitrogens with one attached hydrogen (secondary N) is 2. The molecule has 9 heteroatoms. The minimum Gasteiger partial charge on any atom is -0.477 e. The molecule has 2 aromatic carbocycles. The van der Waals surface area contributed by atoms with E-state index in [1.807, 2.05) is 0 Å². The fourth-order valence-corrected chi connectivity index (χ4v) is 2.18. The minimum absolute atomic E-state index is 0.00363. The Hall–Kier alpha value is -3.46. The highest BCUT2D eigenvalue weighted by Gasteiger charge is 2.15. The molecule has 0 saturated carbocycles. The molecule has 2 rings (SSSR count). The molecule has 0 aliphatic carbocycles. The Morgan fingerprint density at radius 3 is 2.67 bits per heavy atom. The van der Waals surface area contributed by atoms with Crippen LogP contribution in [0.4, 0.5) is 11.4 Å². The number of nitro benzene ring substituents is 1. The second-order valence-corrected chi connectivity index (χ2v) is 5.39. The lowest BCUT2D eigenvalue weighted by Gasteiger charge is -2.09. The first-order chi connectivity index (χ1) is 13.0. The van der Waals surface area contributed by atoms with Gasteiger partial charge in [0.05, 0.1) is 11.5 Å². The van der Waals surface area contributed by atoms with Gasteiger partial charge in [0.15, 0.2) is 12.4 Å². The van der Waals surface area contributed by atoms with Crippen LogP contribution in [0.3, 0.4) is 0 Å². The lowest BCUT2D eigenvalue weighted by atomic mass is 10.2. The molecule has 0 aliphatic heterocycles. The fourth-order valence-electron chi connectivity index (χ4n) is 2.18. The number of nitrogens with zero attached hydrogens (tertiary/aromatic N) is 1. The van der Waals surface area contributed by atoms with Gasteiger partial charge in [-0.2, -0.15) is 0 Å². The Kier molecular flexibility index (Phi) is 7.26. The Morgan fingerprint density at radius 1 is 1.15 bits per heavy atom. The van der Waals surface area contributed by atoms with Crippen LogP contribution in [0.2, 0.25) is 0 Å². The van der Waals surface area contributed by atoms with Gasteiger partial charge in [-0.05, 0) is 24.3 Å². The maximum Gasteiger partial charge on any atom is 0.310 e. The second-order valence-electron chi connectivity index (χ2n) is 5.39. The zero-order valence-corrected chi connectivity index (χ0v) is 14.6. The van der Waals surface area contributed by atoms with Crippen LogP contribution in [0.15, 0.2) is 48.5 Å². The molecule has 0 aliphatic rings. The molecular weight excluding hydrogens is 354 g/mol. The summed E-state index contributed by atoms with van der Waals surface area (Å²) in [5, 5.41) is 16.2. The summed E-state index contributed by atoms with van der Waals surface area (Å²) in [6.07, 6.45) is 0. The number of carbonyl (C=O) groups excluding carboxylic acids is 2. The van der Waals surface area contributed by atoms with Crippen molar-refractivity contribution in [3.05, 3.63) is 64.2 Å². The van der Waals surface area contributed by atoms with Crippen LogP contribution >= 0.6 is 0 Å². The van der Waals surface area contributed by atoms with Gasteiger partial charge in [0.25, 0.3) is 11.8 Å². The quantitative estimate of drug-likeness (QED) is 0.394. The van der Waals surface area contributed by atoms with Gasteiger partial charge in [0.2, 0.25) is 0 Å². The van der Waals surface area contributed by atoms with E-state index in [4.69, 9.17) is 9.47 Å². The molecule has 9 nitrogen and oxygen atoms in total. The summed E-state index contributed by atoms with van der Waals surface area (Å²) < 4.78 is 10.1. The number of benzene rings is 2. The van der Waals surface area contributed by atoms with Crippen molar-refractivity contribution < 1.29 is 24.0 Å². The van der Waals surface area contributed by atoms with Crippen molar-refractivity contribution in [2.24, 2.45) is 0 Å². The van der Waals surface area contributed by atoms with Gasteiger partial charge in [-0.25, -0.2) is 0 Å². The lowest BCUT2D eigenvalue weighted by Crippen LogP contribution is -2.27. The van der Waals surface area contributed by atoms with E-state index in [0.29, 0.717) is 24.4 Å². The van der Waals surface area contributed by atoms with Crippen molar-refractivity contribution in [3.8, 4) is 5.75 Å². The van der Waals surface area contributed by atoms with E-state index in [1.54, 1.807) is 24.3 Å². The number of methoxy groups -OCH3 is 1. The lowest BCUT2D eigenvalue weighted by molar-refractivity contribution is -0.385. The summed E-state index contributed by atoms with van der Waals surface area (Å²) in [7, 11) is 1.54. The summed E-state index contributed by atoms with van der Waals surface area (Å²) >= 11 is 0. The molecule has 0 bridgehead atoms. The third kappa shape index (κ3) is 6.08. The smallest absolute Gasteiger partial charge is 0.310 e. The predicted molar refractivity (Wildman–Crippen MR) is 97.9 cm³/mol. The van der Waals surface area contributed by atoms with Crippen LogP contribution in [0.25, 0.3) is 0 Å². The molecule has 2 amide bonds. The highest BCUT2D eigenvalue weighted by Crippen LogP contribution is 2.25. The molecule has 0 radical (unpaired) electrons. The Balaban J connectivity index is 1.93. The first-order valence-corrected chi connectivity index (χ1v) is 8.04. The maximum absolute atomic E-state index is 12.0. The highest BCUT2D eigenvalue weighted by molar-refractivity contribution is 5.97. The number of amides is 2. The monoisotopic (exact) mass is 373 g/mol. The van der Waals surface area contributed by atoms with Crippen LogP contribution in [-0.4, -0.2) is 43.6 Å². The zero-order valence-electron chi connectivity index (χ0n) is 14.6. The van der Waals surface area contributed by atoms with Crippen LogP contribution in [-0.2, 0) is 9.53 Å². The predicted octanol–water partition coefficient (Wildman–Crippen LogP) is 1.99. The van der Waals surface area contributed by atoms with Gasteiger partial charge >= 0.3 is 5.69 Å². The van der Waals surface area contributed by atoms with E-state index >= 15 is 0 Å². The molecular formula is C18H19N3O6. The molecule has 2 aromatic rings. The highest BCUT2D eigenvalue weighted by atomic mass is 16.6. The summed E-state index contributed by atoms with van der Waals surface area (Å²) in [4.78, 5) is 34.4. The number of nitro groups is 1. The van der Waals surface area contributed by atoms with Gasteiger partial charge in [-0.15, -0.1) is 0 Å². The number of carbonyl (C=O) groups is 2. The second kappa shape index (κ2) is 9.88. The van der Waals surface area contributed by atoms with E-state index in [0.717, 1.165) is 0 Å². The average Bonchev–Trinajstić information content (AvgIpc) is 2.67. The van der Waals surface area contributed by atoms with E-state index in [-0.39, 0.29) is 17.3 Å². The largest absolute Gasteiger partial charge is 0.477 e. The Labute approximate surface area is 155 Å². The molecule has 0 spiro atoms. The van der Waals surface area contributed by atoms with Crippen molar-refractivity contribution in [1.82, 2.24) is 5.32 Å². The summed E-state index contributed by atoms with van der Waals surface area (Å²) in [6.45, 7) is 0.357. The molecule has 2 N–H and O–H groups in total. The summed E-state index contributed by atoms with van der Waals surface area (Å²) in [6, 6.07) is 12.2. The zero-order chi connectivity index (χ0) is 19.6. The molecule has 27 heavy (non-hydrogen) atoms. The van der Waals surface area contributed by atoms with Crippen molar-refractivity contribution in [2.75, 3.05) is 32.2 Å². The molecule has 0 saturated heterocycles. The molecule has 142 valence electrons. The molecule has 0 aromatic heterocycles. The molecule has 0 unspecified atom stereocenters. The topological polar surface area (TPSA) is 120 Å². The third-order valence-electron chi connectivity index (χ3n) is 3.42. The van der Waals surface area contributed by atoms with Crippen LogP contribution in [0.1, 0.15) is 10.4 Å². The van der Waals surface area contributed by atoms with Crippen LogP contribution in [0, 0.1) is 10.1 Å².